The number of amides is 2. The Morgan fingerprint density at radius 1 is 1.08 bits per heavy atom. The highest BCUT2D eigenvalue weighted by Crippen LogP contribution is 3.02. The van der Waals surface area contributed by atoms with Crippen LogP contribution in [0, 0.1) is 11.2 Å². The first-order chi connectivity index (χ1) is 16.7. The quantitative estimate of drug-likeness (QED) is 0.412. The first-order valence-electron chi connectivity index (χ1n) is 11.9. The van der Waals surface area contributed by atoms with Crippen LogP contribution in [0.3, 0.4) is 0 Å². The lowest BCUT2D eigenvalue weighted by Gasteiger charge is -2.60. The van der Waals surface area contributed by atoms with E-state index in [9.17, 15) is 28.6 Å². The normalized spacial score (nSPS) is 24.1. The number of ether oxygens (including phenoxy) is 1. The maximum atomic E-state index is 14.0. The maximum Gasteiger partial charge on any atom is 0.320 e. The van der Waals surface area contributed by atoms with Gasteiger partial charge >= 0.3 is 16.3 Å². The van der Waals surface area contributed by atoms with Crippen molar-refractivity contribution in [1.82, 2.24) is 19.4 Å². The molecule has 4 fully saturated rings. The van der Waals surface area contributed by atoms with Crippen molar-refractivity contribution < 1.29 is 33.4 Å². The number of hydrogen-bond acceptors (Lipinski definition) is 3. The van der Waals surface area contributed by atoms with Crippen molar-refractivity contribution in [2.24, 2.45) is 5.41 Å². The van der Waals surface area contributed by atoms with Gasteiger partial charge in [-0.3, -0.25) is 0 Å². The average Bonchev–Trinajstić information content (AvgIpc) is 3.42. The molecule has 2 aromatic rings. The second-order valence-electron chi connectivity index (χ2n) is 10.8. The van der Waals surface area contributed by atoms with Crippen molar-refractivity contribution in [1.29, 1.82) is 0 Å². The smallest absolute Gasteiger partial charge is 0.320 e. The molecule has 198 valence electrons. The van der Waals surface area contributed by atoms with E-state index in [4.69, 9.17) is 4.74 Å². The Hall–Kier alpha value is -2.41. The SMILES string of the molecule is O=C(N1CC(OCc2ccc(S(F)(F)(F)(F)F)cc2F)C1)N1CC2(CC(n3cnc(C4CC4)c3)C2)C1. The van der Waals surface area contributed by atoms with Gasteiger partial charge in [0.1, 0.15) is 10.7 Å². The summed E-state index contributed by atoms with van der Waals surface area (Å²) >= 11 is 0. The van der Waals surface area contributed by atoms with E-state index in [1.807, 2.05) is 6.33 Å². The zero-order valence-electron chi connectivity index (χ0n) is 19.3. The third-order valence-electron chi connectivity index (χ3n) is 7.76. The summed E-state index contributed by atoms with van der Waals surface area (Å²) in [6.07, 6.45) is 8.17. The minimum absolute atomic E-state index is 0.0889. The fourth-order valence-corrected chi connectivity index (χ4v) is 6.09. The predicted octanol–water partition coefficient (Wildman–Crippen LogP) is 6.21. The van der Waals surface area contributed by atoms with Crippen molar-refractivity contribution in [3.63, 3.8) is 0 Å². The number of aromatic nitrogens is 2. The summed E-state index contributed by atoms with van der Waals surface area (Å²) in [6.45, 7) is 1.62. The van der Waals surface area contributed by atoms with Gasteiger partial charge in [0.25, 0.3) is 0 Å². The molecule has 6 rings (SSSR count). The molecule has 0 bridgehead atoms. The zero-order chi connectivity index (χ0) is 25.6. The van der Waals surface area contributed by atoms with Gasteiger partial charge in [-0.2, -0.15) is 0 Å². The molecule has 0 unspecified atom stereocenters. The highest BCUT2D eigenvalue weighted by Gasteiger charge is 2.65. The van der Waals surface area contributed by atoms with E-state index in [0.29, 0.717) is 31.1 Å². The molecule has 0 radical (unpaired) electrons. The highest BCUT2D eigenvalue weighted by atomic mass is 32.5. The monoisotopic (exact) mass is 536 g/mol. The molecule has 3 heterocycles. The number of imidazole rings is 1. The lowest BCUT2D eigenvalue weighted by Crippen LogP contribution is -2.68. The Balaban J connectivity index is 0.933. The van der Waals surface area contributed by atoms with Gasteiger partial charge in [-0.15, -0.1) is 0 Å². The van der Waals surface area contributed by atoms with Gasteiger partial charge in [0.05, 0.1) is 37.8 Å². The van der Waals surface area contributed by atoms with Gasteiger partial charge in [0.2, 0.25) is 0 Å². The Kier molecular flexibility index (Phi) is 4.74. The number of likely N-dealkylation sites (tertiary alicyclic amines) is 2. The van der Waals surface area contributed by atoms with Gasteiger partial charge in [-0.1, -0.05) is 25.5 Å². The number of benzene rings is 1. The van der Waals surface area contributed by atoms with Crippen LogP contribution in [-0.4, -0.2) is 57.7 Å². The van der Waals surface area contributed by atoms with Gasteiger partial charge in [0.15, 0.2) is 0 Å². The van der Waals surface area contributed by atoms with Crippen LogP contribution in [0.2, 0.25) is 0 Å². The van der Waals surface area contributed by atoms with Crippen molar-refractivity contribution >= 4 is 16.3 Å². The van der Waals surface area contributed by atoms with Crippen LogP contribution in [0.25, 0.3) is 0 Å². The summed E-state index contributed by atoms with van der Waals surface area (Å²) in [5.41, 5.74) is 1.10. The van der Waals surface area contributed by atoms with Gasteiger partial charge in [0, 0.05) is 42.2 Å². The Morgan fingerprint density at radius 3 is 2.39 bits per heavy atom. The van der Waals surface area contributed by atoms with E-state index in [1.165, 1.54) is 18.5 Å². The summed E-state index contributed by atoms with van der Waals surface area (Å²) in [5.74, 6) is -0.776. The maximum absolute atomic E-state index is 14.0. The molecule has 2 aliphatic carbocycles. The molecule has 6 nitrogen and oxygen atoms in total. The summed E-state index contributed by atoms with van der Waals surface area (Å²) in [7, 11) is -9.93. The van der Waals surface area contributed by atoms with E-state index in [1.54, 1.807) is 9.80 Å². The molecule has 0 N–H and O–H groups in total. The minimum Gasteiger partial charge on any atom is -0.370 e. The molecule has 1 aromatic heterocycles. The summed E-state index contributed by atoms with van der Waals surface area (Å²) in [4.78, 5) is 18.3. The largest absolute Gasteiger partial charge is 0.370 e. The standard InChI is InChI=1S/C23H26F6N4O2S/c24-20-5-19(36(25,26,27,28)29)4-3-16(20)11-35-18-8-31(9-18)22(34)33-12-23(13-33)6-17(7-23)32-10-21(30-14-32)15-1-2-15/h3-5,10,14-15,17-18H,1-2,6-9,11-13H2. The van der Waals surface area contributed by atoms with Crippen LogP contribution < -0.4 is 0 Å². The van der Waals surface area contributed by atoms with E-state index in [2.05, 4.69) is 15.7 Å². The fourth-order valence-electron chi connectivity index (χ4n) is 5.44. The molecule has 2 aliphatic heterocycles. The second kappa shape index (κ2) is 7.12. The molecular formula is C23H26F6N4O2S. The number of carbonyl (C=O) groups excluding carboxylic acids is 1. The van der Waals surface area contributed by atoms with Crippen LogP contribution in [0.1, 0.15) is 48.9 Å². The number of nitrogens with zero attached hydrogens (tertiary/aromatic N) is 4. The lowest BCUT2D eigenvalue weighted by molar-refractivity contribution is -0.0908. The van der Waals surface area contributed by atoms with Crippen LogP contribution in [0.5, 0.6) is 0 Å². The van der Waals surface area contributed by atoms with Gasteiger partial charge in [-0.05, 0) is 37.8 Å². The van der Waals surface area contributed by atoms with Crippen LogP contribution in [0.15, 0.2) is 35.6 Å². The Labute approximate surface area is 203 Å². The van der Waals surface area contributed by atoms with Crippen molar-refractivity contribution in [2.75, 3.05) is 26.2 Å². The molecule has 2 amide bonds. The van der Waals surface area contributed by atoms with Crippen molar-refractivity contribution in [3.8, 4) is 0 Å². The van der Waals surface area contributed by atoms with E-state index in [0.717, 1.165) is 12.8 Å². The average molecular weight is 537 g/mol. The first-order valence-corrected chi connectivity index (χ1v) is 13.8. The second-order valence-corrected chi connectivity index (χ2v) is 13.2. The molecule has 2 saturated heterocycles. The van der Waals surface area contributed by atoms with Crippen LogP contribution >= 0.6 is 10.2 Å². The lowest BCUT2D eigenvalue weighted by atomic mass is 9.60. The van der Waals surface area contributed by atoms with Crippen molar-refractivity contribution in [2.45, 2.75) is 55.2 Å². The summed E-state index contributed by atoms with van der Waals surface area (Å²) in [5, 5.41) is 0. The summed E-state index contributed by atoms with van der Waals surface area (Å²) in [6, 6.07) is 0.979. The molecule has 36 heavy (non-hydrogen) atoms. The zero-order valence-corrected chi connectivity index (χ0v) is 20.1. The molecule has 13 heteroatoms. The fraction of sp³-hybridized carbons (Fsp3) is 0.565. The predicted molar refractivity (Wildman–Crippen MR) is 120 cm³/mol. The van der Waals surface area contributed by atoms with Crippen molar-refractivity contribution in [3.05, 3.63) is 47.8 Å². The number of hydrogen-bond donors (Lipinski definition) is 0. The minimum atomic E-state index is -9.93. The van der Waals surface area contributed by atoms with E-state index >= 15 is 0 Å². The third-order valence-corrected chi connectivity index (χ3v) is 8.91. The molecule has 2 saturated carbocycles. The van der Waals surface area contributed by atoms with Gasteiger partial charge in [-0.25, -0.2) is 14.2 Å². The molecule has 1 spiro atoms. The van der Waals surface area contributed by atoms with E-state index < -0.39 is 27.0 Å². The topological polar surface area (TPSA) is 50.6 Å². The Morgan fingerprint density at radius 2 is 1.78 bits per heavy atom. The highest BCUT2D eigenvalue weighted by molar-refractivity contribution is 8.45. The molecular weight excluding hydrogens is 510 g/mol. The molecule has 0 atom stereocenters. The summed E-state index contributed by atoms with van der Waals surface area (Å²) < 4.78 is 85.7. The van der Waals surface area contributed by atoms with Crippen LogP contribution in [0.4, 0.5) is 28.6 Å². The number of carbonyl (C=O) groups is 1. The van der Waals surface area contributed by atoms with E-state index in [-0.39, 0.29) is 48.8 Å². The van der Waals surface area contributed by atoms with Gasteiger partial charge < -0.3 is 19.1 Å². The number of urea groups is 1. The number of halogens is 6. The Bertz CT molecular complexity index is 1210. The molecule has 1 aromatic carbocycles. The third kappa shape index (κ3) is 4.44. The molecule has 4 aliphatic rings. The number of rotatable bonds is 6. The first kappa shape index (κ1) is 24.0. The van der Waals surface area contributed by atoms with Crippen LogP contribution in [-0.2, 0) is 11.3 Å².